The summed E-state index contributed by atoms with van der Waals surface area (Å²) in [6.07, 6.45) is 9.02. The number of hydrogen-bond donors (Lipinski definition) is 1. The normalized spacial score (nSPS) is 20.9. The van der Waals surface area contributed by atoms with Crippen LogP contribution in [-0.2, 0) is 6.42 Å². The van der Waals surface area contributed by atoms with Crippen LogP contribution in [0.15, 0.2) is 10.5 Å². The molecule has 0 aromatic carbocycles. The van der Waals surface area contributed by atoms with Gasteiger partial charge >= 0.3 is 0 Å². The molecule has 0 saturated carbocycles. The number of nitrogens with one attached hydrogen (secondary N) is 1. The lowest BCUT2D eigenvalue weighted by molar-refractivity contribution is 0.234. The second kappa shape index (κ2) is 6.80. The summed E-state index contributed by atoms with van der Waals surface area (Å²) in [5.41, 5.74) is 1.76. The third kappa shape index (κ3) is 4.12. The summed E-state index contributed by atoms with van der Waals surface area (Å²) in [6, 6.07) is 2.72. The molecule has 0 fully saturated rings. The lowest BCUT2D eigenvalue weighted by Gasteiger charge is -2.34. The van der Waals surface area contributed by atoms with Crippen molar-refractivity contribution in [2.24, 2.45) is 5.41 Å². The Morgan fingerprint density at radius 3 is 2.75 bits per heavy atom. The molecule has 0 spiro atoms. The van der Waals surface area contributed by atoms with Crippen LogP contribution < -0.4 is 5.32 Å². The van der Waals surface area contributed by atoms with E-state index in [1.807, 2.05) is 0 Å². The highest BCUT2D eigenvalue weighted by molar-refractivity contribution is 5.29. The lowest BCUT2D eigenvalue weighted by Crippen LogP contribution is -2.33. The van der Waals surface area contributed by atoms with Gasteiger partial charge in [0, 0.05) is 18.0 Å². The quantitative estimate of drug-likeness (QED) is 0.696. The monoisotopic (exact) mass is 277 g/mol. The van der Waals surface area contributed by atoms with Crippen LogP contribution in [0.5, 0.6) is 0 Å². The fourth-order valence-electron chi connectivity index (χ4n) is 3.37. The molecule has 1 aliphatic carbocycles. The van der Waals surface area contributed by atoms with Crippen LogP contribution >= 0.6 is 0 Å². The Balaban J connectivity index is 1.87. The Bertz CT molecular complexity index is 419. The molecule has 2 rings (SSSR count). The Hall–Kier alpha value is -0.760. The van der Waals surface area contributed by atoms with Crippen molar-refractivity contribution in [3.8, 4) is 0 Å². The fourth-order valence-corrected chi connectivity index (χ4v) is 3.37. The number of rotatable bonds is 7. The van der Waals surface area contributed by atoms with Crippen LogP contribution in [0.25, 0.3) is 0 Å². The van der Waals surface area contributed by atoms with Gasteiger partial charge in [-0.1, -0.05) is 46.5 Å². The minimum atomic E-state index is 0.344. The summed E-state index contributed by atoms with van der Waals surface area (Å²) in [7, 11) is 0. The summed E-state index contributed by atoms with van der Waals surface area (Å²) < 4.78 is 5.89. The molecule has 114 valence electrons. The van der Waals surface area contributed by atoms with E-state index in [0.717, 1.165) is 18.7 Å². The van der Waals surface area contributed by atoms with Crippen molar-refractivity contribution in [1.82, 2.24) is 5.32 Å². The van der Waals surface area contributed by atoms with Gasteiger partial charge in [-0.25, -0.2) is 0 Å². The van der Waals surface area contributed by atoms with Gasteiger partial charge in [0.05, 0.1) is 0 Å². The van der Waals surface area contributed by atoms with Crippen LogP contribution in [0.2, 0.25) is 0 Å². The van der Waals surface area contributed by atoms with Gasteiger partial charge in [-0.2, -0.15) is 0 Å². The van der Waals surface area contributed by atoms with Gasteiger partial charge in [-0.15, -0.1) is 0 Å². The van der Waals surface area contributed by atoms with Crippen molar-refractivity contribution in [3.05, 3.63) is 23.2 Å². The zero-order valence-corrected chi connectivity index (χ0v) is 13.7. The molecule has 0 aliphatic heterocycles. The molecule has 2 nitrogen and oxygen atoms in total. The second-order valence-corrected chi connectivity index (χ2v) is 7.20. The van der Waals surface area contributed by atoms with E-state index in [1.165, 1.54) is 49.8 Å². The molecule has 1 heterocycles. The molecule has 1 atom stereocenters. The van der Waals surface area contributed by atoms with Crippen LogP contribution in [0.3, 0.4) is 0 Å². The lowest BCUT2D eigenvalue weighted by atomic mass is 9.74. The molecule has 20 heavy (non-hydrogen) atoms. The molecule has 1 aromatic rings. The number of fused-ring (bicyclic) bond motifs is 1. The highest BCUT2D eigenvalue weighted by Gasteiger charge is 2.34. The Labute approximate surface area is 124 Å². The van der Waals surface area contributed by atoms with Crippen LogP contribution in [0.4, 0.5) is 0 Å². The minimum absolute atomic E-state index is 0.344. The van der Waals surface area contributed by atoms with Crippen molar-refractivity contribution in [2.45, 2.75) is 78.7 Å². The van der Waals surface area contributed by atoms with Gasteiger partial charge in [0.1, 0.15) is 11.5 Å². The van der Waals surface area contributed by atoms with Gasteiger partial charge in [0.25, 0.3) is 0 Å². The van der Waals surface area contributed by atoms with E-state index in [2.05, 4.69) is 39.1 Å². The number of unbranched alkanes of at least 4 members (excludes halogenated alkanes) is 4. The zero-order valence-electron chi connectivity index (χ0n) is 13.7. The first-order valence-electron chi connectivity index (χ1n) is 8.34. The first-order chi connectivity index (χ1) is 9.52. The Kier molecular flexibility index (Phi) is 5.31. The van der Waals surface area contributed by atoms with E-state index in [4.69, 9.17) is 4.42 Å². The largest absolute Gasteiger partial charge is 0.466 e. The average Bonchev–Trinajstić information content (AvgIpc) is 2.72. The van der Waals surface area contributed by atoms with Crippen molar-refractivity contribution >= 4 is 0 Å². The molecule has 1 aromatic heterocycles. The molecule has 0 saturated heterocycles. The topological polar surface area (TPSA) is 25.2 Å². The SMILES string of the molecule is CCCCCCCNC1CC(C)(C)Cc2oc(C)cc21. The van der Waals surface area contributed by atoms with Gasteiger partial charge in [-0.05, 0) is 37.8 Å². The smallest absolute Gasteiger partial charge is 0.109 e. The predicted molar refractivity (Wildman–Crippen MR) is 85.0 cm³/mol. The minimum Gasteiger partial charge on any atom is -0.466 e. The predicted octanol–water partition coefficient (Wildman–Crippen LogP) is 5.16. The maximum atomic E-state index is 5.89. The first kappa shape index (κ1) is 15.6. The van der Waals surface area contributed by atoms with Crippen LogP contribution in [0.1, 0.15) is 82.4 Å². The molecule has 2 heteroatoms. The number of aryl methyl sites for hydroxylation is 1. The fraction of sp³-hybridized carbons (Fsp3) is 0.778. The van der Waals surface area contributed by atoms with E-state index in [0.29, 0.717) is 11.5 Å². The molecule has 0 radical (unpaired) electrons. The van der Waals surface area contributed by atoms with E-state index < -0.39 is 0 Å². The maximum absolute atomic E-state index is 5.89. The molecular weight excluding hydrogens is 246 g/mol. The molecule has 1 unspecified atom stereocenters. The van der Waals surface area contributed by atoms with Crippen molar-refractivity contribution < 1.29 is 4.42 Å². The molecule has 0 amide bonds. The summed E-state index contributed by atoms with van der Waals surface area (Å²) in [5.74, 6) is 2.27. The summed E-state index contributed by atoms with van der Waals surface area (Å²) in [5, 5.41) is 3.76. The summed E-state index contributed by atoms with van der Waals surface area (Å²) in [6.45, 7) is 10.2. The number of furan rings is 1. The van der Waals surface area contributed by atoms with E-state index >= 15 is 0 Å². The third-order valence-corrected chi connectivity index (χ3v) is 4.41. The van der Waals surface area contributed by atoms with Crippen molar-refractivity contribution in [1.29, 1.82) is 0 Å². The third-order valence-electron chi connectivity index (χ3n) is 4.41. The van der Waals surface area contributed by atoms with E-state index in [9.17, 15) is 0 Å². The molecule has 0 bridgehead atoms. The molecule has 1 aliphatic rings. The highest BCUT2D eigenvalue weighted by Crippen LogP contribution is 2.41. The highest BCUT2D eigenvalue weighted by atomic mass is 16.3. The first-order valence-corrected chi connectivity index (χ1v) is 8.34. The Morgan fingerprint density at radius 2 is 2.00 bits per heavy atom. The van der Waals surface area contributed by atoms with Crippen LogP contribution in [-0.4, -0.2) is 6.54 Å². The van der Waals surface area contributed by atoms with Gasteiger partial charge in [0.15, 0.2) is 0 Å². The van der Waals surface area contributed by atoms with E-state index in [-0.39, 0.29) is 0 Å². The van der Waals surface area contributed by atoms with Crippen LogP contribution in [0, 0.1) is 12.3 Å². The van der Waals surface area contributed by atoms with Gasteiger partial charge in [-0.3, -0.25) is 0 Å². The number of hydrogen-bond acceptors (Lipinski definition) is 2. The average molecular weight is 277 g/mol. The van der Waals surface area contributed by atoms with Crippen molar-refractivity contribution in [3.63, 3.8) is 0 Å². The summed E-state index contributed by atoms with van der Waals surface area (Å²) in [4.78, 5) is 0. The Morgan fingerprint density at radius 1 is 1.25 bits per heavy atom. The maximum Gasteiger partial charge on any atom is 0.109 e. The van der Waals surface area contributed by atoms with Crippen molar-refractivity contribution in [2.75, 3.05) is 6.54 Å². The van der Waals surface area contributed by atoms with Gasteiger partial charge < -0.3 is 9.73 Å². The standard InChI is InChI=1S/C18H31NO/c1-5-6-7-8-9-10-19-16-12-18(3,4)13-17-15(16)11-14(2)20-17/h11,16,19H,5-10,12-13H2,1-4H3. The molecular formula is C18H31NO. The zero-order chi connectivity index (χ0) is 14.6. The molecule has 1 N–H and O–H groups in total. The summed E-state index contributed by atoms with van der Waals surface area (Å²) >= 11 is 0. The second-order valence-electron chi connectivity index (χ2n) is 7.20. The van der Waals surface area contributed by atoms with E-state index in [1.54, 1.807) is 0 Å². The van der Waals surface area contributed by atoms with Gasteiger partial charge in [0.2, 0.25) is 0 Å².